The van der Waals surface area contributed by atoms with E-state index in [0.717, 1.165) is 37.3 Å². The molecule has 1 aliphatic heterocycles. The molecule has 0 unspecified atom stereocenters. The lowest BCUT2D eigenvalue weighted by molar-refractivity contribution is 0.478. The Labute approximate surface area is 165 Å². The molecule has 0 atom stereocenters. The molecule has 0 spiro atoms. The summed E-state index contributed by atoms with van der Waals surface area (Å²) in [4.78, 5) is 2.30. The van der Waals surface area contributed by atoms with Gasteiger partial charge in [-0.2, -0.15) is 8.42 Å². The van der Waals surface area contributed by atoms with Gasteiger partial charge in [0, 0.05) is 49.4 Å². The fourth-order valence-electron chi connectivity index (χ4n) is 3.63. The van der Waals surface area contributed by atoms with Gasteiger partial charge in [0.15, 0.2) is 0 Å². The highest BCUT2D eigenvalue weighted by molar-refractivity contribution is 7.92. The predicted molar refractivity (Wildman–Crippen MR) is 113 cm³/mol. The summed E-state index contributed by atoms with van der Waals surface area (Å²) >= 11 is 0. The number of sulfonamides is 1. The highest BCUT2D eigenvalue weighted by atomic mass is 32.2. The molecule has 0 bridgehead atoms. The summed E-state index contributed by atoms with van der Waals surface area (Å²) < 4.78 is 33.8. The minimum absolute atomic E-state index is 0.0337. The molecule has 0 saturated carbocycles. The third-order valence-corrected chi connectivity index (χ3v) is 6.83. The predicted octanol–water partition coefficient (Wildman–Crippen LogP) is 3.45. The molecule has 2 aromatic carbocycles. The second kappa shape index (κ2) is 7.48. The van der Waals surface area contributed by atoms with Crippen molar-refractivity contribution in [2.75, 3.05) is 35.4 Å². The van der Waals surface area contributed by atoms with Crippen molar-refractivity contribution >= 4 is 32.4 Å². The highest BCUT2D eigenvalue weighted by Crippen LogP contribution is 2.31. The summed E-state index contributed by atoms with van der Waals surface area (Å²) in [5, 5.41) is 4.08. The standard InChI is InChI=1S/C21H25N3O3S/c1-16(2)24(19-9-7-18(8-10-19)23-13-11-22-12-14-23)28(25,26)21-15-17-5-3-4-6-20(17)27-21/h3-10,15-16,22H,11-14H2,1-2H3. The summed E-state index contributed by atoms with van der Waals surface area (Å²) in [5.41, 5.74) is 2.31. The Kier molecular flexibility index (Phi) is 5.03. The molecule has 1 aliphatic rings. The zero-order chi connectivity index (χ0) is 19.7. The van der Waals surface area contributed by atoms with Gasteiger partial charge in [-0.15, -0.1) is 0 Å². The quantitative estimate of drug-likeness (QED) is 0.712. The van der Waals surface area contributed by atoms with E-state index in [-0.39, 0.29) is 11.1 Å². The molecule has 148 valence electrons. The van der Waals surface area contributed by atoms with Crippen molar-refractivity contribution in [1.29, 1.82) is 0 Å². The first kappa shape index (κ1) is 18.8. The van der Waals surface area contributed by atoms with E-state index in [1.807, 2.05) is 56.3 Å². The van der Waals surface area contributed by atoms with Crippen LogP contribution in [0.4, 0.5) is 11.4 Å². The number of rotatable bonds is 5. The number of anilines is 2. The second-order valence-electron chi connectivity index (χ2n) is 7.25. The van der Waals surface area contributed by atoms with Gasteiger partial charge in [-0.3, -0.25) is 4.31 Å². The first-order valence-corrected chi connectivity index (χ1v) is 11.0. The maximum atomic E-state index is 13.3. The van der Waals surface area contributed by atoms with Crippen molar-refractivity contribution in [2.45, 2.75) is 25.0 Å². The van der Waals surface area contributed by atoms with Gasteiger partial charge in [-0.05, 0) is 44.2 Å². The number of benzene rings is 2. The number of nitrogens with one attached hydrogen (secondary N) is 1. The van der Waals surface area contributed by atoms with E-state index in [1.54, 1.807) is 12.1 Å². The molecule has 2 heterocycles. The summed E-state index contributed by atoms with van der Waals surface area (Å²) in [6.45, 7) is 7.55. The summed E-state index contributed by atoms with van der Waals surface area (Å²) in [6.07, 6.45) is 0. The van der Waals surface area contributed by atoms with Crippen LogP contribution in [0.25, 0.3) is 11.0 Å². The van der Waals surface area contributed by atoms with Crippen molar-refractivity contribution < 1.29 is 12.8 Å². The molecule has 7 heteroatoms. The zero-order valence-corrected chi connectivity index (χ0v) is 16.9. The van der Waals surface area contributed by atoms with Gasteiger partial charge in [0.1, 0.15) is 5.58 Å². The van der Waals surface area contributed by atoms with Crippen LogP contribution in [0.1, 0.15) is 13.8 Å². The maximum absolute atomic E-state index is 13.3. The summed E-state index contributed by atoms with van der Waals surface area (Å²) in [5.74, 6) is 0. The summed E-state index contributed by atoms with van der Waals surface area (Å²) in [6, 6.07) is 16.4. The fourth-order valence-corrected chi connectivity index (χ4v) is 5.25. The number of nitrogens with zero attached hydrogens (tertiary/aromatic N) is 2. The van der Waals surface area contributed by atoms with E-state index in [0.29, 0.717) is 11.3 Å². The van der Waals surface area contributed by atoms with Crippen LogP contribution in [0.2, 0.25) is 0 Å². The van der Waals surface area contributed by atoms with E-state index >= 15 is 0 Å². The lowest BCUT2D eigenvalue weighted by atomic mass is 10.2. The maximum Gasteiger partial charge on any atom is 0.298 e. The molecule has 0 aliphatic carbocycles. The van der Waals surface area contributed by atoms with Crippen molar-refractivity contribution in [1.82, 2.24) is 5.32 Å². The first-order chi connectivity index (χ1) is 13.5. The molecule has 28 heavy (non-hydrogen) atoms. The Bertz CT molecular complexity index is 1020. The fraction of sp³-hybridized carbons (Fsp3) is 0.333. The lowest BCUT2D eigenvalue weighted by Gasteiger charge is -2.31. The largest absolute Gasteiger partial charge is 0.443 e. The van der Waals surface area contributed by atoms with Crippen LogP contribution < -0.4 is 14.5 Å². The average molecular weight is 400 g/mol. The molecule has 0 radical (unpaired) electrons. The first-order valence-electron chi connectivity index (χ1n) is 9.55. The number of piperazine rings is 1. The van der Waals surface area contributed by atoms with Gasteiger partial charge < -0.3 is 14.6 Å². The SMILES string of the molecule is CC(C)N(c1ccc(N2CCNCC2)cc1)S(=O)(=O)c1cc2ccccc2o1. The third-order valence-electron chi connectivity index (χ3n) is 4.97. The Hall–Kier alpha value is -2.51. The van der Waals surface area contributed by atoms with Crippen molar-refractivity contribution in [2.24, 2.45) is 0 Å². The molecular weight excluding hydrogens is 374 g/mol. The molecule has 3 aromatic rings. The van der Waals surface area contributed by atoms with Crippen LogP contribution in [-0.4, -0.2) is 40.6 Å². The topological polar surface area (TPSA) is 65.8 Å². The highest BCUT2D eigenvalue weighted by Gasteiger charge is 2.31. The Morgan fingerprint density at radius 1 is 1.04 bits per heavy atom. The van der Waals surface area contributed by atoms with Crippen LogP contribution in [0.15, 0.2) is 64.1 Å². The molecule has 4 rings (SSSR count). The van der Waals surface area contributed by atoms with Crippen molar-refractivity contribution in [3.8, 4) is 0 Å². The lowest BCUT2D eigenvalue weighted by Crippen LogP contribution is -2.43. The minimum Gasteiger partial charge on any atom is -0.443 e. The van der Waals surface area contributed by atoms with Crippen molar-refractivity contribution in [3.05, 3.63) is 54.6 Å². The Morgan fingerprint density at radius 3 is 2.36 bits per heavy atom. The molecule has 1 fully saturated rings. The number of para-hydroxylation sites is 1. The van der Waals surface area contributed by atoms with Crippen LogP contribution >= 0.6 is 0 Å². The normalized spacial score (nSPS) is 15.3. The van der Waals surface area contributed by atoms with E-state index < -0.39 is 10.0 Å². The van der Waals surface area contributed by atoms with Gasteiger partial charge in [0.05, 0.1) is 5.69 Å². The second-order valence-corrected chi connectivity index (χ2v) is 9.00. The Balaban J connectivity index is 1.68. The number of hydrogen-bond donors (Lipinski definition) is 1. The van der Waals surface area contributed by atoms with Crippen LogP contribution in [0, 0.1) is 0 Å². The number of furan rings is 1. The smallest absolute Gasteiger partial charge is 0.298 e. The van der Waals surface area contributed by atoms with Gasteiger partial charge in [0.2, 0.25) is 5.09 Å². The minimum atomic E-state index is -3.81. The van der Waals surface area contributed by atoms with Gasteiger partial charge >= 0.3 is 0 Å². The van der Waals surface area contributed by atoms with E-state index in [2.05, 4.69) is 10.2 Å². The van der Waals surface area contributed by atoms with E-state index in [9.17, 15) is 8.42 Å². The molecular formula is C21H25N3O3S. The molecule has 1 aromatic heterocycles. The van der Waals surface area contributed by atoms with Crippen LogP contribution in [-0.2, 0) is 10.0 Å². The van der Waals surface area contributed by atoms with Crippen LogP contribution in [0.5, 0.6) is 0 Å². The van der Waals surface area contributed by atoms with Gasteiger partial charge in [-0.1, -0.05) is 18.2 Å². The molecule has 1 N–H and O–H groups in total. The van der Waals surface area contributed by atoms with Gasteiger partial charge in [0.25, 0.3) is 10.0 Å². The third kappa shape index (κ3) is 3.47. The van der Waals surface area contributed by atoms with E-state index in [1.165, 1.54) is 4.31 Å². The van der Waals surface area contributed by atoms with Crippen LogP contribution in [0.3, 0.4) is 0 Å². The van der Waals surface area contributed by atoms with Crippen molar-refractivity contribution in [3.63, 3.8) is 0 Å². The number of hydrogen-bond acceptors (Lipinski definition) is 5. The zero-order valence-electron chi connectivity index (χ0n) is 16.1. The Morgan fingerprint density at radius 2 is 1.71 bits per heavy atom. The summed E-state index contributed by atoms with van der Waals surface area (Å²) in [7, 11) is -3.81. The molecule has 1 saturated heterocycles. The number of fused-ring (bicyclic) bond motifs is 1. The average Bonchev–Trinajstić information content (AvgIpc) is 3.14. The van der Waals surface area contributed by atoms with E-state index in [4.69, 9.17) is 4.42 Å². The van der Waals surface area contributed by atoms with Gasteiger partial charge in [-0.25, -0.2) is 0 Å². The monoisotopic (exact) mass is 399 g/mol. The molecule has 6 nitrogen and oxygen atoms in total. The molecule has 0 amide bonds.